The zero-order valence-corrected chi connectivity index (χ0v) is 14.8. The third kappa shape index (κ3) is 2.99. The van der Waals surface area contributed by atoms with E-state index in [1.54, 1.807) is 37.3 Å². The molecule has 0 unspecified atom stereocenters. The number of hydrogen-bond acceptors (Lipinski definition) is 3. The van der Waals surface area contributed by atoms with Crippen LogP contribution in [0.3, 0.4) is 0 Å². The van der Waals surface area contributed by atoms with Crippen molar-refractivity contribution in [3.8, 4) is 11.3 Å². The van der Waals surface area contributed by atoms with E-state index in [2.05, 4.69) is 10.5 Å². The first-order valence-corrected chi connectivity index (χ1v) is 8.70. The van der Waals surface area contributed by atoms with Gasteiger partial charge < -0.3 is 9.84 Å². The molecule has 1 fully saturated rings. The predicted octanol–water partition coefficient (Wildman–Crippen LogP) is 4.73. The smallest absolute Gasteiger partial charge is 0.257 e. The predicted molar refractivity (Wildman–Crippen MR) is 96.7 cm³/mol. The number of rotatable bonds is 4. The van der Waals surface area contributed by atoms with Crippen LogP contribution < -0.4 is 5.32 Å². The minimum Gasteiger partial charge on any atom is -0.360 e. The van der Waals surface area contributed by atoms with Crippen LogP contribution in [0.2, 0.25) is 5.02 Å². The molecule has 4 rings (SSSR count). The van der Waals surface area contributed by atoms with Gasteiger partial charge in [-0.05, 0) is 31.0 Å². The second kappa shape index (κ2) is 6.57. The van der Waals surface area contributed by atoms with Crippen molar-refractivity contribution >= 4 is 17.5 Å². The number of halogens is 2. The van der Waals surface area contributed by atoms with Gasteiger partial charge in [-0.1, -0.05) is 53.2 Å². The third-order valence-corrected chi connectivity index (χ3v) is 4.96. The molecule has 1 aliphatic rings. The van der Waals surface area contributed by atoms with Gasteiger partial charge >= 0.3 is 0 Å². The monoisotopic (exact) mass is 370 g/mol. The number of carbonyl (C=O) groups excluding carboxylic acids is 1. The molecular formula is C20H16ClFN2O2. The van der Waals surface area contributed by atoms with Gasteiger partial charge in [-0.25, -0.2) is 4.39 Å². The number of nitrogens with one attached hydrogen (secondary N) is 1. The van der Waals surface area contributed by atoms with Crippen molar-refractivity contribution in [2.45, 2.75) is 25.3 Å². The van der Waals surface area contributed by atoms with Crippen LogP contribution in [0.25, 0.3) is 11.3 Å². The highest BCUT2D eigenvalue weighted by atomic mass is 35.5. The van der Waals surface area contributed by atoms with E-state index in [0.717, 1.165) is 0 Å². The first-order valence-electron chi connectivity index (χ1n) is 8.32. The normalized spacial score (nSPS) is 18.6. The van der Waals surface area contributed by atoms with Crippen LogP contribution in [0.4, 0.5) is 4.39 Å². The molecule has 6 heteroatoms. The van der Waals surface area contributed by atoms with Crippen molar-refractivity contribution in [3.63, 3.8) is 0 Å². The lowest BCUT2D eigenvalue weighted by Gasteiger charge is -2.07. The molecule has 1 saturated carbocycles. The standard InChI is InChI=1S/C20H16ClFN2O2/c1-11-18(19(24-26-11)13-7-2-4-8-15(13)21)20(25)23-17-10-14(17)12-6-3-5-9-16(12)22/h2-9,14,17H,10H2,1H3,(H,23,25)/t14-,17-/m0/s1. The number of nitrogens with zero attached hydrogens (tertiary/aromatic N) is 1. The Labute approximate surface area is 155 Å². The number of hydrogen-bond donors (Lipinski definition) is 1. The Morgan fingerprint density at radius 2 is 1.96 bits per heavy atom. The van der Waals surface area contributed by atoms with E-state index in [0.29, 0.717) is 39.6 Å². The molecule has 2 aromatic carbocycles. The molecule has 4 nitrogen and oxygen atoms in total. The molecule has 1 N–H and O–H groups in total. The summed E-state index contributed by atoms with van der Waals surface area (Å²) in [5.41, 5.74) is 2.04. The first kappa shape index (κ1) is 16.8. The Bertz CT molecular complexity index is 985. The van der Waals surface area contributed by atoms with Gasteiger partial charge in [-0.15, -0.1) is 0 Å². The second-order valence-electron chi connectivity index (χ2n) is 6.39. The molecule has 1 aliphatic carbocycles. The summed E-state index contributed by atoms with van der Waals surface area (Å²) in [6.07, 6.45) is 0.707. The SMILES string of the molecule is Cc1onc(-c2ccccc2Cl)c1C(=O)N[C@H]1C[C@H]1c1ccccc1F. The van der Waals surface area contributed by atoms with Crippen molar-refractivity contribution in [2.24, 2.45) is 0 Å². The molecule has 0 spiro atoms. The van der Waals surface area contributed by atoms with Gasteiger partial charge in [0, 0.05) is 17.5 Å². The fraction of sp³-hybridized carbons (Fsp3) is 0.200. The minimum atomic E-state index is -0.289. The van der Waals surface area contributed by atoms with E-state index in [9.17, 15) is 9.18 Å². The Hall–Kier alpha value is -2.66. The van der Waals surface area contributed by atoms with E-state index in [1.165, 1.54) is 6.07 Å². The Kier molecular flexibility index (Phi) is 4.24. The highest BCUT2D eigenvalue weighted by Crippen LogP contribution is 2.42. The largest absolute Gasteiger partial charge is 0.360 e. The van der Waals surface area contributed by atoms with Gasteiger partial charge in [0.05, 0.1) is 5.02 Å². The lowest BCUT2D eigenvalue weighted by molar-refractivity contribution is 0.0949. The van der Waals surface area contributed by atoms with Crippen LogP contribution in [0.1, 0.15) is 34.0 Å². The molecule has 0 saturated heterocycles. The molecule has 1 amide bonds. The van der Waals surface area contributed by atoms with E-state index < -0.39 is 0 Å². The van der Waals surface area contributed by atoms with Crippen molar-refractivity contribution in [1.29, 1.82) is 0 Å². The maximum atomic E-state index is 13.9. The number of benzene rings is 2. The average Bonchev–Trinajstić information content (AvgIpc) is 3.27. The molecule has 132 valence electrons. The van der Waals surface area contributed by atoms with Crippen LogP contribution >= 0.6 is 11.6 Å². The van der Waals surface area contributed by atoms with E-state index in [-0.39, 0.29) is 23.7 Å². The highest BCUT2D eigenvalue weighted by Gasteiger charge is 2.41. The molecule has 0 radical (unpaired) electrons. The first-order chi connectivity index (χ1) is 12.6. The molecule has 1 heterocycles. The Morgan fingerprint density at radius 3 is 2.73 bits per heavy atom. The zero-order chi connectivity index (χ0) is 18.3. The van der Waals surface area contributed by atoms with Gasteiger partial charge in [0.2, 0.25) is 0 Å². The van der Waals surface area contributed by atoms with Gasteiger partial charge in [-0.3, -0.25) is 4.79 Å². The van der Waals surface area contributed by atoms with Crippen LogP contribution in [-0.2, 0) is 0 Å². The summed E-state index contributed by atoms with van der Waals surface area (Å²) >= 11 is 6.23. The molecule has 2 atom stereocenters. The van der Waals surface area contributed by atoms with Gasteiger partial charge in [-0.2, -0.15) is 0 Å². The summed E-state index contributed by atoms with van der Waals surface area (Å²) in [4.78, 5) is 12.8. The molecule has 3 aromatic rings. The van der Waals surface area contributed by atoms with Crippen molar-refractivity contribution < 1.29 is 13.7 Å². The van der Waals surface area contributed by atoms with Crippen molar-refractivity contribution in [3.05, 3.63) is 76.3 Å². The summed E-state index contributed by atoms with van der Waals surface area (Å²) in [7, 11) is 0. The van der Waals surface area contributed by atoms with Crippen LogP contribution in [0, 0.1) is 12.7 Å². The molecule has 26 heavy (non-hydrogen) atoms. The van der Waals surface area contributed by atoms with Crippen LogP contribution in [-0.4, -0.2) is 17.1 Å². The topological polar surface area (TPSA) is 55.1 Å². The molecule has 0 bridgehead atoms. The van der Waals surface area contributed by atoms with E-state index in [1.807, 2.05) is 12.1 Å². The summed E-state index contributed by atoms with van der Waals surface area (Å²) < 4.78 is 19.1. The lowest BCUT2D eigenvalue weighted by Crippen LogP contribution is -2.27. The fourth-order valence-electron chi connectivity index (χ4n) is 3.19. The summed E-state index contributed by atoms with van der Waals surface area (Å²) in [6.45, 7) is 1.68. The van der Waals surface area contributed by atoms with E-state index >= 15 is 0 Å². The van der Waals surface area contributed by atoms with Gasteiger partial charge in [0.15, 0.2) is 0 Å². The number of aryl methyl sites for hydroxylation is 1. The van der Waals surface area contributed by atoms with Crippen molar-refractivity contribution in [2.75, 3.05) is 0 Å². The van der Waals surface area contributed by atoms with Gasteiger partial charge in [0.1, 0.15) is 22.8 Å². The summed E-state index contributed by atoms with van der Waals surface area (Å²) in [5, 5.41) is 7.45. The van der Waals surface area contributed by atoms with Crippen molar-refractivity contribution in [1.82, 2.24) is 10.5 Å². The van der Waals surface area contributed by atoms with E-state index in [4.69, 9.17) is 16.1 Å². The maximum Gasteiger partial charge on any atom is 0.257 e. The fourth-order valence-corrected chi connectivity index (χ4v) is 3.42. The highest BCUT2D eigenvalue weighted by molar-refractivity contribution is 6.33. The zero-order valence-electron chi connectivity index (χ0n) is 14.0. The number of aromatic nitrogens is 1. The van der Waals surface area contributed by atoms with Crippen LogP contribution in [0.5, 0.6) is 0 Å². The lowest BCUT2D eigenvalue weighted by atomic mass is 10.1. The Balaban J connectivity index is 1.56. The average molecular weight is 371 g/mol. The second-order valence-corrected chi connectivity index (χ2v) is 6.79. The van der Waals surface area contributed by atoms with Crippen LogP contribution in [0.15, 0.2) is 53.1 Å². The summed E-state index contributed by atoms with van der Waals surface area (Å²) in [5.74, 6) is -0.126. The maximum absolute atomic E-state index is 13.9. The number of amides is 1. The molecule has 1 aromatic heterocycles. The number of carbonyl (C=O) groups is 1. The Morgan fingerprint density at radius 1 is 1.23 bits per heavy atom. The minimum absolute atomic E-state index is 0.0101. The third-order valence-electron chi connectivity index (χ3n) is 4.63. The quantitative estimate of drug-likeness (QED) is 0.722. The van der Waals surface area contributed by atoms with Gasteiger partial charge in [0.25, 0.3) is 5.91 Å². The molecule has 0 aliphatic heterocycles. The molecular weight excluding hydrogens is 355 g/mol. The summed E-state index contributed by atoms with van der Waals surface area (Å²) in [6, 6.07) is 13.7.